The van der Waals surface area contributed by atoms with E-state index in [-0.39, 0.29) is 11.9 Å². The van der Waals surface area contributed by atoms with Crippen LogP contribution in [0.4, 0.5) is 10.5 Å². The first kappa shape index (κ1) is 16.1. The van der Waals surface area contributed by atoms with Gasteiger partial charge in [-0.05, 0) is 36.4 Å². The zero-order valence-electron chi connectivity index (χ0n) is 14.4. The predicted octanol–water partition coefficient (Wildman–Crippen LogP) is 2.03. The van der Waals surface area contributed by atoms with Gasteiger partial charge in [-0.15, -0.1) is 0 Å². The van der Waals surface area contributed by atoms with Crippen LogP contribution >= 0.6 is 0 Å². The van der Waals surface area contributed by atoms with Crippen molar-refractivity contribution in [1.82, 2.24) is 20.2 Å². The molecule has 0 saturated carbocycles. The molecule has 0 radical (unpaired) electrons. The van der Waals surface area contributed by atoms with E-state index in [0.29, 0.717) is 25.2 Å². The van der Waals surface area contributed by atoms with Crippen LogP contribution in [-0.4, -0.2) is 34.6 Å². The summed E-state index contributed by atoms with van der Waals surface area (Å²) in [4.78, 5) is 30.3. The summed E-state index contributed by atoms with van der Waals surface area (Å²) in [6.45, 7) is 1.62. The molecule has 0 spiro atoms. The highest BCUT2D eigenvalue weighted by Gasteiger charge is 2.21. The quantitative estimate of drug-likeness (QED) is 0.756. The molecular weight excluding hydrogens is 330 g/mol. The number of benzene rings is 2. The topological polar surface area (TPSA) is 79.3 Å². The van der Waals surface area contributed by atoms with Gasteiger partial charge in [0.2, 0.25) is 0 Å². The molecular formula is C19H19N5O2. The number of anilines is 1. The third-order valence-corrected chi connectivity index (χ3v) is 4.58. The molecule has 2 heterocycles. The number of fused-ring (bicyclic) bond motifs is 1. The number of carbonyl (C=O) groups is 2. The Bertz CT molecular complexity index is 977. The summed E-state index contributed by atoms with van der Waals surface area (Å²) in [5.74, 6) is 0.624. The summed E-state index contributed by atoms with van der Waals surface area (Å²) in [6.07, 6.45) is 0. The lowest BCUT2D eigenvalue weighted by atomic mass is 10.2. The smallest absolute Gasteiger partial charge is 0.321 e. The Morgan fingerprint density at radius 1 is 1.19 bits per heavy atom. The second-order valence-corrected chi connectivity index (χ2v) is 6.19. The van der Waals surface area contributed by atoms with Gasteiger partial charge in [0.15, 0.2) is 0 Å². The van der Waals surface area contributed by atoms with Gasteiger partial charge in [0, 0.05) is 31.4 Å². The fourth-order valence-corrected chi connectivity index (χ4v) is 3.13. The molecule has 7 nitrogen and oxygen atoms in total. The van der Waals surface area contributed by atoms with E-state index in [0.717, 1.165) is 22.5 Å². The molecule has 0 aliphatic carbocycles. The first-order valence-electron chi connectivity index (χ1n) is 8.47. The van der Waals surface area contributed by atoms with E-state index in [1.54, 1.807) is 29.2 Å². The monoisotopic (exact) mass is 349 g/mol. The Morgan fingerprint density at radius 2 is 1.96 bits per heavy atom. The van der Waals surface area contributed by atoms with Crippen LogP contribution in [0.2, 0.25) is 0 Å². The number of aromatic nitrogens is 2. The Labute approximate surface area is 150 Å². The Balaban J connectivity index is 1.44. The van der Waals surface area contributed by atoms with Gasteiger partial charge in [0.25, 0.3) is 5.91 Å². The van der Waals surface area contributed by atoms with Crippen LogP contribution in [0.5, 0.6) is 0 Å². The second-order valence-electron chi connectivity index (χ2n) is 6.19. The number of rotatable bonds is 4. The van der Waals surface area contributed by atoms with Crippen LogP contribution in [0.15, 0.2) is 48.5 Å². The molecule has 3 amide bonds. The van der Waals surface area contributed by atoms with Gasteiger partial charge < -0.3 is 15.2 Å². The van der Waals surface area contributed by atoms with Crippen molar-refractivity contribution in [1.29, 1.82) is 0 Å². The maximum absolute atomic E-state index is 12.4. The predicted molar refractivity (Wildman–Crippen MR) is 99.1 cm³/mol. The number of aryl methyl sites for hydroxylation is 1. The average Bonchev–Trinajstić information content (AvgIpc) is 3.23. The number of nitrogens with one attached hydrogen (secondary N) is 2. The van der Waals surface area contributed by atoms with Gasteiger partial charge >= 0.3 is 6.03 Å². The van der Waals surface area contributed by atoms with Crippen LogP contribution in [-0.2, 0) is 13.6 Å². The molecule has 1 aromatic heterocycles. The third-order valence-electron chi connectivity index (χ3n) is 4.58. The fraction of sp³-hybridized carbons (Fsp3) is 0.211. The van der Waals surface area contributed by atoms with Crippen molar-refractivity contribution in [3.05, 3.63) is 59.9 Å². The number of amides is 3. The van der Waals surface area contributed by atoms with E-state index in [4.69, 9.17) is 0 Å². The molecule has 132 valence electrons. The normalized spacial score (nSPS) is 13.9. The van der Waals surface area contributed by atoms with E-state index in [9.17, 15) is 9.59 Å². The van der Waals surface area contributed by atoms with E-state index in [1.165, 1.54) is 0 Å². The molecule has 2 N–H and O–H groups in total. The van der Waals surface area contributed by atoms with Gasteiger partial charge in [0.05, 0.1) is 17.6 Å². The summed E-state index contributed by atoms with van der Waals surface area (Å²) < 4.78 is 1.98. The van der Waals surface area contributed by atoms with Crippen LogP contribution < -0.4 is 15.5 Å². The van der Waals surface area contributed by atoms with Crippen LogP contribution in [0.3, 0.4) is 0 Å². The summed E-state index contributed by atoms with van der Waals surface area (Å²) in [7, 11) is 1.94. The molecule has 0 atom stereocenters. The Kier molecular flexibility index (Phi) is 4.04. The fourth-order valence-electron chi connectivity index (χ4n) is 3.13. The molecule has 1 saturated heterocycles. The van der Waals surface area contributed by atoms with Crippen molar-refractivity contribution in [3.8, 4) is 0 Å². The minimum atomic E-state index is -0.172. The van der Waals surface area contributed by atoms with Crippen LogP contribution in [0, 0.1) is 0 Å². The standard InChI is InChI=1S/C19H19N5O2/c1-23-16-5-3-2-4-15(16)22-17(23)12-21-18(25)13-6-8-14(9-7-13)24-11-10-20-19(24)26/h2-9H,10-12H2,1H3,(H,20,26)(H,21,25). The number of carbonyl (C=O) groups excluding carboxylic acids is 2. The van der Waals surface area contributed by atoms with Crippen molar-refractivity contribution in [2.24, 2.45) is 7.05 Å². The Morgan fingerprint density at radius 3 is 2.65 bits per heavy atom. The number of nitrogens with zero attached hydrogens (tertiary/aromatic N) is 3. The van der Waals surface area contributed by atoms with Gasteiger partial charge in [0.1, 0.15) is 5.82 Å². The molecule has 0 unspecified atom stereocenters. The molecule has 1 aliphatic heterocycles. The molecule has 26 heavy (non-hydrogen) atoms. The molecule has 2 aromatic carbocycles. The highest BCUT2D eigenvalue weighted by Crippen LogP contribution is 2.18. The van der Waals surface area contributed by atoms with Crippen LogP contribution in [0.25, 0.3) is 11.0 Å². The minimum Gasteiger partial charge on any atom is -0.345 e. The highest BCUT2D eigenvalue weighted by atomic mass is 16.2. The van der Waals surface area contributed by atoms with Gasteiger partial charge in [-0.2, -0.15) is 0 Å². The van der Waals surface area contributed by atoms with Crippen molar-refractivity contribution >= 4 is 28.7 Å². The van der Waals surface area contributed by atoms with E-state index < -0.39 is 0 Å². The molecule has 3 aromatic rings. The lowest BCUT2D eigenvalue weighted by Crippen LogP contribution is -2.28. The van der Waals surface area contributed by atoms with Crippen molar-refractivity contribution in [3.63, 3.8) is 0 Å². The number of hydrogen-bond acceptors (Lipinski definition) is 3. The number of para-hydroxylation sites is 2. The molecule has 7 heteroatoms. The molecule has 4 rings (SSSR count). The van der Waals surface area contributed by atoms with Crippen molar-refractivity contribution in [2.75, 3.05) is 18.0 Å². The summed E-state index contributed by atoms with van der Waals surface area (Å²) in [5.41, 5.74) is 3.27. The number of urea groups is 1. The lowest BCUT2D eigenvalue weighted by molar-refractivity contribution is 0.0949. The second kappa shape index (κ2) is 6.51. The zero-order chi connectivity index (χ0) is 18.1. The largest absolute Gasteiger partial charge is 0.345 e. The Hall–Kier alpha value is -3.35. The van der Waals surface area contributed by atoms with Gasteiger partial charge in [-0.3, -0.25) is 9.69 Å². The molecule has 0 bridgehead atoms. The van der Waals surface area contributed by atoms with Crippen molar-refractivity contribution < 1.29 is 9.59 Å². The number of hydrogen-bond donors (Lipinski definition) is 2. The lowest BCUT2D eigenvalue weighted by Gasteiger charge is -2.14. The van der Waals surface area contributed by atoms with Gasteiger partial charge in [-0.1, -0.05) is 12.1 Å². The molecule has 1 fully saturated rings. The maximum Gasteiger partial charge on any atom is 0.321 e. The molecule has 1 aliphatic rings. The zero-order valence-corrected chi connectivity index (χ0v) is 14.4. The van der Waals surface area contributed by atoms with E-state index in [1.807, 2.05) is 35.9 Å². The van der Waals surface area contributed by atoms with E-state index in [2.05, 4.69) is 15.6 Å². The average molecular weight is 349 g/mol. The van der Waals surface area contributed by atoms with Gasteiger partial charge in [-0.25, -0.2) is 9.78 Å². The van der Waals surface area contributed by atoms with Crippen molar-refractivity contribution in [2.45, 2.75) is 6.54 Å². The van der Waals surface area contributed by atoms with E-state index >= 15 is 0 Å². The first-order valence-corrected chi connectivity index (χ1v) is 8.47. The highest BCUT2D eigenvalue weighted by molar-refractivity contribution is 5.97. The summed E-state index contributed by atoms with van der Waals surface area (Å²) in [6, 6.07) is 14.8. The third kappa shape index (κ3) is 2.88. The SMILES string of the molecule is Cn1c(CNC(=O)c2ccc(N3CCNC3=O)cc2)nc2ccccc21. The summed E-state index contributed by atoms with van der Waals surface area (Å²) >= 11 is 0. The summed E-state index contributed by atoms with van der Waals surface area (Å²) in [5, 5.41) is 5.66. The minimum absolute atomic E-state index is 0.107. The first-order chi connectivity index (χ1) is 12.6. The maximum atomic E-state index is 12.4. The number of imidazole rings is 1. The van der Waals surface area contributed by atoms with Crippen LogP contribution in [0.1, 0.15) is 16.2 Å².